The van der Waals surface area contributed by atoms with Crippen LogP contribution in [0.1, 0.15) is 18.4 Å². The summed E-state index contributed by atoms with van der Waals surface area (Å²) in [5, 5.41) is 10.8. The van der Waals surface area contributed by atoms with Crippen molar-refractivity contribution in [1.82, 2.24) is 0 Å². The number of hydrogen-bond acceptors (Lipinski definition) is 4. The van der Waals surface area contributed by atoms with Crippen molar-refractivity contribution >= 4 is 17.3 Å². The lowest BCUT2D eigenvalue weighted by Crippen LogP contribution is -2.02. The van der Waals surface area contributed by atoms with Crippen LogP contribution in [0.25, 0.3) is 0 Å². The largest absolute Gasteiger partial charge is 0.487 e. The Morgan fingerprint density at radius 1 is 1.33 bits per heavy atom. The van der Waals surface area contributed by atoms with Crippen LogP contribution in [0.15, 0.2) is 18.2 Å². The van der Waals surface area contributed by atoms with Crippen molar-refractivity contribution in [3.63, 3.8) is 0 Å². The molecule has 1 rings (SSSR count). The van der Waals surface area contributed by atoms with Gasteiger partial charge in [0.15, 0.2) is 5.75 Å². The van der Waals surface area contributed by atoms with Crippen LogP contribution in [-0.2, 0) is 10.6 Å². The van der Waals surface area contributed by atoms with E-state index in [1.807, 2.05) is 0 Å². The first-order chi connectivity index (χ1) is 8.69. The molecule has 0 bridgehead atoms. The van der Waals surface area contributed by atoms with E-state index in [0.717, 1.165) is 18.4 Å². The number of methoxy groups -OCH3 is 1. The van der Waals surface area contributed by atoms with Gasteiger partial charge < -0.3 is 9.47 Å². The summed E-state index contributed by atoms with van der Waals surface area (Å²) in [6.07, 6.45) is 1.65. The second kappa shape index (κ2) is 7.89. The lowest BCUT2D eigenvalue weighted by Gasteiger charge is -2.07. The molecule has 0 atom stereocenters. The third kappa shape index (κ3) is 4.50. The van der Waals surface area contributed by atoms with Gasteiger partial charge in [0.1, 0.15) is 0 Å². The van der Waals surface area contributed by atoms with Crippen LogP contribution in [-0.4, -0.2) is 25.2 Å². The van der Waals surface area contributed by atoms with Crippen LogP contribution in [0.5, 0.6) is 5.75 Å². The summed E-state index contributed by atoms with van der Waals surface area (Å²) in [5.41, 5.74) is 0.768. The van der Waals surface area contributed by atoms with E-state index in [2.05, 4.69) is 0 Å². The average Bonchev–Trinajstić information content (AvgIpc) is 2.38. The molecule has 0 fully saturated rings. The number of benzene rings is 1. The fraction of sp³-hybridized carbons (Fsp3) is 0.500. The van der Waals surface area contributed by atoms with E-state index in [-0.39, 0.29) is 11.4 Å². The summed E-state index contributed by atoms with van der Waals surface area (Å²) in [4.78, 5) is 10.4. The van der Waals surface area contributed by atoms with Crippen LogP contribution >= 0.6 is 11.6 Å². The Bertz CT molecular complexity index is 398. The van der Waals surface area contributed by atoms with E-state index in [1.165, 1.54) is 6.07 Å². The number of ether oxygens (including phenoxy) is 2. The predicted octanol–water partition coefficient (Wildman–Crippen LogP) is 3.14. The molecule has 5 nitrogen and oxygen atoms in total. The second-order valence-corrected chi connectivity index (χ2v) is 4.01. The van der Waals surface area contributed by atoms with E-state index < -0.39 is 4.92 Å². The van der Waals surface area contributed by atoms with Crippen molar-refractivity contribution in [1.29, 1.82) is 0 Å². The quantitative estimate of drug-likeness (QED) is 0.316. The van der Waals surface area contributed by atoms with Crippen LogP contribution in [0.4, 0.5) is 5.69 Å². The minimum atomic E-state index is -0.456. The van der Waals surface area contributed by atoms with Crippen molar-refractivity contribution in [2.75, 3.05) is 20.3 Å². The van der Waals surface area contributed by atoms with Gasteiger partial charge in [0.05, 0.1) is 11.5 Å². The summed E-state index contributed by atoms with van der Waals surface area (Å²) >= 11 is 5.69. The first-order valence-corrected chi connectivity index (χ1v) is 6.17. The number of hydrogen-bond donors (Lipinski definition) is 0. The standard InChI is InChI=1S/C12H16ClNO4/c1-17-6-2-3-7-18-12-8-10(9-13)4-5-11(12)14(15)16/h4-5,8H,2-3,6-7,9H2,1H3. The van der Waals surface area contributed by atoms with E-state index in [9.17, 15) is 10.1 Å². The maximum atomic E-state index is 10.8. The van der Waals surface area contributed by atoms with Gasteiger partial charge in [0.2, 0.25) is 0 Å². The first kappa shape index (κ1) is 14.7. The van der Waals surface area contributed by atoms with Gasteiger partial charge in [0, 0.05) is 25.7 Å². The maximum Gasteiger partial charge on any atom is 0.310 e. The van der Waals surface area contributed by atoms with Gasteiger partial charge in [-0.15, -0.1) is 11.6 Å². The Morgan fingerprint density at radius 3 is 2.67 bits per heavy atom. The molecule has 0 aromatic heterocycles. The van der Waals surface area contributed by atoms with Crippen molar-refractivity contribution in [2.24, 2.45) is 0 Å². The Balaban J connectivity index is 2.63. The molecule has 0 amide bonds. The molecule has 0 aliphatic heterocycles. The fourth-order valence-electron chi connectivity index (χ4n) is 1.44. The molecule has 0 saturated heterocycles. The molecule has 0 N–H and O–H groups in total. The van der Waals surface area contributed by atoms with Crippen LogP contribution < -0.4 is 4.74 Å². The van der Waals surface area contributed by atoms with Gasteiger partial charge in [-0.1, -0.05) is 6.07 Å². The Morgan fingerprint density at radius 2 is 2.06 bits per heavy atom. The highest BCUT2D eigenvalue weighted by Crippen LogP contribution is 2.28. The highest BCUT2D eigenvalue weighted by Gasteiger charge is 2.15. The van der Waals surface area contributed by atoms with Gasteiger partial charge in [-0.05, 0) is 24.5 Å². The molecule has 18 heavy (non-hydrogen) atoms. The normalized spacial score (nSPS) is 10.3. The smallest absolute Gasteiger partial charge is 0.310 e. The van der Waals surface area contributed by atoms with E-state index >= 15 is 0 Å². The predicted molar refractivity (Wildman–Crippen MR) is 69.3 cm³/mol. The van der Waals surface area contributed by atoms with Gasteiger partial charge in [-0.3, -0.25) is 10.1 Å². The first-order valence-electron chi connectivity index (χ1n) is 5.64. The molecule has 0 aliphatic rings. The zero-order valence-corrected chi connectivity index (χ0v) is 11.0. The van der Waals surface area contributed by atoms with Crippen molar-refractivity contribution in [3.05, 3.63) is 33.9 Å². The summed E-state index contributed by atoms with van der Waals surface area (Å²) in [6.45, 7) is 1.09. The van der Waals surface area contributed by atoms with Crippen molar-refractivity contribution in [2.45, 2.75) is 18.7 Å². The van der Waals surface area contributed by atoms with Crippen molar-refractivity contribution in [3.8, 4) is 5.75 Å². The summed E-state index contributed by atoms with van der Waals surface area (Å²) in [6, 6.07) is 4.66. The average molecular weight is 274 g/mol. The molecule has 1 aromatic carbocycles. The summed E-state index contributed by atoms with van der Waals surface area (Å²) in [5.74, 6) is 0.577. The molecule has 0 aliphatic carbocycles. The Kier molecular flexibility index (Phi) is 6.46. The number of nitro groups is 1. The van der Waals surface area contributed by atoms with Gasteiger partial charge in [0.25, 0.3) is 0 Å². The molecule has 1 aromatic rings. The molecule has 6 heteroatoms. The fourth-order valence-corrected chi connectivity index (χ4v) is 1.60. The minimum Gasteiger partial charge on any atom is -0.487 e. The summed E-state index contributed by atoms with van der Waals surface area (Å²) in [7, 11) is 1.63. The highest BCUT2D eigenvalue weighted by molar-refractivity contribution is 6.17. The minimum absolute atomic E-state index is 0.0318. The third-order valence-corrected chi connectivity index (χ3v) is 2.68. The van der Waals surface area contributed by atoms with E-state index in [4.69, 9.17) is 21.1 Å². The number of rotatable bonds is 8. The van der Waals surface area contributed by atoms with Crippen LogP contribution in [0.2, 0.25) is 0 Å². The number of halogens is 1. The highest BCUT2D eigenvalue weighted by atomic mass is 35.5. The zero-order valence-electron chi connectivity index (χ0n) is 10.2. The summed E-state index contributed by atoms with van der Waals surface area (Å²) < 4.78 is 10.3. The number of nitrogens with zero attached hydrogens (tertiary/aromatic N) is 1. The van der Waals surface area contributed by atoms with Crippen molar-refractivity contribution < 1.29 is 14.4 Å². The maximum absolute atomic E-state index is 10.8. The molecule has 0 spiro atoms. The van der Waals surface area contributed by atoms with Crippen LogP contribution in [0.3, 0.4) is 0 Å². The molecule has 0 saturated carbocycles. The lowest BCUT2D eigenvalue weighted by atomic mass is 10.2. The van der Waals surface area contributed by atoms with E-state index in [1.54, 1.807) is 19.2 Å². The lowest BCUT2D eigenvalue weighted by molar-refractivity contribution is -0.385. The third-order valence-electron chi connectivity index (χ3n) is 2.38. The van der Waals surface area contributed by atoms with Gasteiger partial charge >= 0.3 is 5.69 Å². The van der Waals surface area contributed by atoms with Gasteiger partial charge in [-0.25, -0.2) is 0 Å². The Labute approximate surface area is 111 Å². The Hall–Kier alpha value is -1.33. The second-order valence-electron chi connectivity index (χ2n) is 3.74. The van der Waals surface area contributed by atoms with E-state index in [0.29, 0.717) is 19.1 Å². The molecule has 100 valence electrons. The molecular formula is C12H16ClNO4. The number of alkyl halides is 1. The number of nitro benzene ring substituents is 1. The van der Waals surface area contributed by atoms with Crippen LogP contribution in [0, 0.1) is 10.1 Å². The topological polar surface area (TPSA) is 61.6 Å². The zero-order chi connectivity index (χ0) is 13.4. The molecule has 0 heterocycles. The monoisotopic (exact) mass is 273 g/mol. The van der Waals surface area contributed by atoms with Gasteiger partial charge in [-0.2, -0.15) is 0 Å². The number of unbranched alkanes of at least 4 members (excludes halogenated alkanes) is 1. The molecular weight excluding hydrogens is 258 g/mol. The molecule has 0 radical (unpaired) electrons. The molecule has 0 unspecified atom stereocenters. The SMILES string of the molecule is COCCCCOc1cc(CCl)ccc1[N+](=O)[O-].